The molecule has 1 N–H and O–H groups in total. The van der Waals surface area contributed by atoms with Crippen LogP contribution in [0, 0.1) is 0 Å². The van der Waals surface area contributed by atoms with Crippen LogP contribution in [0.3, 0.4) is 0 Å². The Kier molecular flexibility index (Phi) is 6.70. The van der Waals surface area contributed by atoms with Gasteiger partial charge in [-0.2, -0.15) is 0 Å². The molecule has 72 valence electrons. The molecule has 0 fully saturated rings. The summed E-state index contributed by atoms with van der Waals surface area (Å²) in [6.45, 7) is 3.25. The van der Waals surface area contributed by atoms with E-state index in [1.807, 2.05) is 0 Å². The molecule has 0 saturated carbocycles. The Morgan fingerprint density at radius 3 is 2.67 bits per heavy atom. The van der Waals surface area contributed by atoms with E-state index in [0.29, 0.717) is 6.61 Å². The highest BCUT2D eigenvalue weighted by atomic mass is 16.5. The maximum atomic E-state index is 10.9. The SMILES string of the molecule is COCCCNC(C)C(=O)OC. The van der Waals surface area contributed by atoms with Gasteiger partial charge in [-0.3, -0.25) is 4.79 Å². The molecule has 4 heteroatoms. The van der Waals surface area contributed by atoms with Crippen molar-refractivity contribution in [3.8, 4) is 0 Å². The van der Waals surface area contributed by atoms with Crippen LogP contribution in [0.25, 0.3) is 0 Å². The minimum atomic E-state index is -0.230. The molecular formula is C8H17NO3. The lowest BCUT2D eigenvalue weighted by molar-refractivity contribution is -0.142. The molecule has 0 aromatic carbocycles. The van der Waals surface area contributed by atoms with Gasteiger partial charge in [-0.05, 0) is 19.9 Å². The second kappa shape index (κ2) is 7.06. The monoisotopic (exact) mass is 175 g/mol. The zero-order valence-corrected chi connectivity index (χ0v) is 7.92. The molecule has 0 aromatic rings. The Hall–Kier alpha value is -0.610. The average molecular weight is 175 g/mol. The molecule has 4 nitrogen and oxygen atoms in total. The number of carbonyl (C=O) groups excluding carboxylic acids is 1. The minimum Gasteiger partial charge on any atom is -0.468 e. The zero-order chi connectivity index (χ0) is 9.40. The van der Waals surface area contributed by atoms with Crippen LogP contribution >= 0.6 is 0 Å². The van der Waals surface area contributed by atoms with Crippen molar-refractivity contribution in [1.29, 1.82) is 0 Å². The largest absolute Gasteiger partial charge is 0.468 e. The number of hydrogen-bond acceptors (Lipinski definition) is 4. The summed E-state index contributed by atoms with van der Waals surface area (Å²) >= 11 is 0. The van der Waals surface area contributed by atoms with E-state index in [1.165, 1.54) is 7.11 Å². The van der Waals surface area contributed by atoms with E-state index in [-0.39, 0.29) is 12.0 Å². The van der Waals surface area contributed by atoms with E-state index in [4.69, 9.17) is 4.74 Å². The molecule has 0 spiro atoms. The van der Waals surface area contributed by atoms with Gasteiger partial charge >= 0.3 is 5.97 Å². The van der Waals surface area contributed by atoms with E-state index >= 15 is 0 Å². The minimum absolute atomic E-state index is 0.229. The first-order chi connectivity index (χ1) is 5.72. The average Bonchev–Trinajstić information content (AvgIpc) is 2.10. The van der Waals surface area contributed by atoms with Crippen molar-refractivity contribution in [1.82, 2.24) is 5.32 Å². The van der Waals surface area contributed by atoms with Crippen LogP contribution in [0.2, 0.25) is 0 Å². The van der Waals surface area contributed by atoms with E-state index in [0.717, 1.165) is 13.0 Å². The Labute approximate surface area is 73.2 Å². The van der Waals surface area contributed by atoms with Crippen molar-refractivity contribution < 1.29 is 14.3 Å². The van der Waals surface area contributed by atoms with Crippen LogP contribution in [0.15, 0.2) is 0 Å². The number of esters is 1. The molecule has 0 aliphatic carbocycles. The van der Waals surface area contributed by atoms with Gasteiger partial charge in [0.05, 0.1) is 7.11 Å². The van der Waals surface area contributed by atoms with Crippen molar-refractivity contribution in [3.63, 3.8) is 0 Å². The highest BCUT2D eigenvalue weighted by Gasteiger charge is 2.10. The second-order valence-electron chi connectivity index (χ2n) is 2.55. The van der Waals surface area contributed by atoms with Crippen molar-refractivity contribution in [2.75, 3.05) is 27.4 Å². The predicted molar refractivity (Wildman–Crippen MR) is 46.0 cm³/mol. The summed E-state index contributed by atoms with van der Waals surface area (Å²) in [6, 6.07) is -0.230. The van der Waals surface area contributed by atoms with Gasteiger partial charge in [0.25, 0.3) is 0 Å². The second-order valence-corrected chi connectivity index (χ2v) is 2.55. The Bertz CT molecular complexity index is 127. The quantitative estimate of drug-likeness (QED) is 0.462. The number of rotatable bonds is 6. The van der Waals surface area contributed by atoms with Gasteiger partial charge in [-0.1, -0.05) is 0 Å². The highest BCUT2D eigenvalue weighted by Crippen LogP contribution is 1.86. The number of hydrogen-bond donors (Lipinski definition) is 1. The molecule has 0 bridgehead atoms. The fraction of sp³-hybridized carbons (Fsp3) is 0.875. The van der Waals surface area contributed by atoms with E-state index < -0.39 is 0 Å². The lowest BCUT2D eigenvalue weighted by Crippen LogP contribution is -2.35. The van der Waals surface area contributed by atoms with Gasteiger partial charge in [-0.15, -0.1) is 0 Å². The molecule has 0 aliphatic rings. The van der Waals surface area contributed by atoms with E-state index in [9.17, 15) is 4.79 Å². The first-order valence-corrected chi connectivity index (χ1v) is 4.02. The first kappa shape index (κ1) is 11.4. The molecular weight excluding hydrogens is 158 g/mol. The smallest absolute Gasteiger partial charge is 0.322 e. The fourth-order valence-corrected chi connectivity index (χ4v) is 0.795. The maximum absolute atomic E-state index is 10.9. The van der Waals surface area contributed by atoms with E-state index in [2.05, 4.69) is 10.1 Å². The summed E-state index contributed by atoms with van der Waals surface area (Å²) in [4.78, 5) is 10.9. The van der Waals surface area contributed by atoms with Crippen molar-refractivity contribution in [2.45, 2.75) is 19.4 Å². The summed E-state index contributed by atoms with van der Waals surface area (Å²) in [5.41, 5.74) is 0. The fourth-order valence-electron chi connectivity index (χ4n) is 0.795. The van der Waals surface area contributed by atoms with Crippen LogP contribution < -0.4 is 5.32 Å². The van der Waals surface area contributed by atoms with Crippen LogP contribution in [0.4, 0.5) is 0 Å². The molecule has 0 radical (unpaired) electrons. The van der Waals surface area contributed by atoms with Gasteiger partial charge in [0, 0.05) is 13.7 Å². The summed E-state index contributed by atoms with van der Waals surface area (Å²) < 4.78 is 9.39. The summed E-state index contributed by atoms with van der Waals surface area (Å²) in [7, 11) is 3.04. The molecule has 0 aromatic heterocycles. The topological polar surface area (TPSA) is 47.6 Å². The van der Waals surface area contributed by atoms with Crippen LogP contribution in [0.1, 0.15) is 13.3 Å². The first-order valence-electron chi connectivity index (χ1n) is 4.02. The molecule has 0 heterocycles. The van der Waals surface area contributed by atoms with Gasteiger partial charge in [0.1, 0.15) is 6.04 Å². The third kappa shape index (κ3) is 5.09. The maximum Gasteiger partial charge on any atom is 0.322 e. The Morgan fingerprint density at radius 1 is 1.50 bits per heavy atom. The van der Waals surface area contributed by atoms with Gasteiger partial charge < -0.3 is 14.8 Å². The van der Waals surface area contributed by atoms with E-state index in [1.54, 1.807) is 14.0 Å². The van der Waals surface area contributed by atoms with Gasteiger partial charge in [0.2, 0.25) is 0 Å². The lowest BCUT2D eigenvalue weighted by Gasteiger charge is -2.10. The molecule has 12 heavy (non-hydrogen) atoms. The predicted octanol–water partition coefficient (Wildman–Crippen LogP) is 0.174. The third-order valence-electron chi connectivity index (χ3n) is 1.53. The molecule has 0 rings (SSSR count). The normalized spacial score (nSPS) is 12.6. The summed E-state index contributed by atoms with van der Waals surface area (Å²) in [6.07, 6.45) is 0.901. The van der Waals surface area contributed by atoms with Crippen LogP contribution in [-0.4, -0.2) is 39.4 Å². The number of carbonyl (C=O) groups is 1. The van der Waals surface area contributed by atoms with Crippen molar-refractivity contribution in [2.24, 2.45) is 0 Å². The summed E-state index contributed by atoms with van der Waals surface area (Å²) in [5, 5.41) is 3.01. The van der Waals surface area contributed by atoms with Gasteiger partial charge in [-0.25, -0.2) is 0 Å². The molecule has 0 amide bonds. The van der Waals surface area contributed by atoms with Crippen LogP contribution in [0.5, 0.6) is 0 Å². The molecule has 1 atom stereocenters. The number of nitrogens with one attached hydrogen (secondary N) is 1. The Balaban J connectivity index is 3.31. The lowest BCUT2D eigenvalue weighted by atomic mass is 10.3. The van der Waals surface area contributed by atoms with Crippen molar-refractivity contribution >= 4 is 5.97 Å². The number of ether oxygens (including phenoxy) is 2. The standard InChI is InChI=1S/C8H17NO3/c1-7(8(10)12-3)9-5-4-6-11-2/h7,9H,4-6H2,1-3H3. The molecule has 1 unspecified atom stereocenters. The van der Waals surface area contributed by atoms with Gasteiger partial charge in [0.15, 0.2) is 0 Å². The molecule has 0 aliphatic heterocycles. The highest BCUT2D eigenvalue weighted by molar-refractivity contribution is 5.74. The summed E-state index contributed by atoms with van der Waals surface area (Å²) in [5.74, 6) is -0.229. The Morgan fingerprint density at radius 2 is 2.17 bits per heavy atom. The third-order valence-corrected chi connectivity index (χ3v) is 1.53. The number of methoxy groups -OCH3 is 2. The zero-order valence-electron chi connectivity index (χ0n) is 7.92. The molecule has 0 saturated heterocycles. The van der Waals surface area contributed by atoms with Crippen molar-refractivity contribution in [3.05, 3.63) is 0 Å². The van der Waals surface area contributed by atoms with Crippen LogP contribution in [-0.2, 0) is 14.3 Å².